The van der Waals surface area contributed by atoms with Crippen LogP contribution in [0, 0.1) is 0 Å². The number of hydrogen-bond donors (Lipinski definition) is 0. The van der Waals surface area contributed by atoms with Crippen molar-refractivity contribution in [3.63, 3.8) is 0 Å². The molecule has 4 heterocycles. The van der Waals surface area contributed by atoms with Crippen molar-refractivity contribution >= 4 is 0 Å². The van der Waals surface area contributed by atoms with Gasteiger partial charge in [0.2, 0.25) is 5.89 Å². The van der Waals surface area contributed by atoms with Gasteiger partial charge >= 0.3 is 0 Å². The lowest BCUT2D eigenvalue weighted by atomic mass is 10.0. The highest BCUT2D eigenvalue weighted by molar-refractivity contribution is 5.42. The Balaban J connectivity index is 1.45. The van der Waals surface area contributed by atoms with Crippen LogP contribution < -0.4 is 0 Å². The van der Waals surface area contributed by atoms with Gasteiger partial charge in [-0.2, -0.15) is 5.10 Å². The molecular weight excluding hydrogens is 294 g/mol. The molecule has 0 unspecified atom stereocenters. The molecule has 23 heavy (non-hydrogen) atoms. The number of nitrogens with zero attached hydrogens (tertiary/aromatic N) is 5. The molecule has 0 aromatic carbocycles. The van der Waals surface area contributed by atoms with Gasteiger partial charge in [0.25, 0.3) is 5.89 Å². The second kappa shape index (κ2) is 6.37. The van der Waals surface area contributed by atoms with Crippen LogP contribution in [0.3, 0.4) is 0 Å². The minimum Gasteiger partial charge on any atom is -0.459 e. The van der Waals surface area contributed by atoms with Gasteiger partial charge in [0.1, 0.15) is 0 Å². The van der Waals surface area contributed by atoms with Crippen molar-refractivity contribution in [1.29, 1.82) is 0 Å². The number of aromatic nitrogens is 4. The standard InChI is InChI=1S/C16H19N5O2/c1-2-8-20(13(5-1)11-21-9-4-7-17-21)12-15-18-19-16(23-15)14-6-3-10-22-14/h3-4,6-7,9-10,13H,1-2,5,8,11-12H2/t13-/m0/s1. The van der Waals surface area contributed by atoms with E-state index in [1.165, 1.54) is 19.3 Å². The third kappa shape index (κ3) is 3.19. The molecule has 0 saturated carbocycles. The lowest BCUT2D eigenvalue weighted by Gasteiger charge is -2.34. The quantitative estimate of drug-likeness (QED) is 0.721. The summed E-state index contributed by atoms with van der Waals surface area (Å²) < 4.78 is 13.0. The molecule has 0 N–H and O–H groups in total. The molecule has 7 heteroatoms. The van der Waals surface area contributed by atoms with Crippen LogP contribution in [-0.4, -0.2) is 37.5 Å². The van der Waals surface area contributed by atoms with Gasteiger partial charge in [-0.1, -0.05) is 6.42 Å². The van der Waals surface area contributed by atoms with Crippen LogP contribution in [0.2, 0.25) is 0 Å². The van der Waals surface area contributed by atoms with Crippen LogP contribution in [0.5, 0.6) is 0 Å². The molecule has 4 rings (SSSR count). The summed E-state index contributed by atoms with van der Waals surface area (Å²) in [5.74, 6) is 1.67. The first kappa shape index (κ1) is 14.2. The van der Waals surface area contributed by atoms with E-state index in [1.54, 1.807) is 6.26 Å². The maximum atomic E-state index is 5.73. The maximum absolute atomic E-state index is 5.73. The molecule has 120 valence electrons. The minimum absolute atomic E-state index is 0.436. The van der Waals surface area contributed by atoms with Crippen LogP contribution in [0.25, 0.3) is 11.7 Å². The fourth-order valence-electron chi connectivity index (χ4n) is 3.09. The summed E-state index contributed by atoms with van der Waals surface area (Å²) in [5.41, 5.74) is 0. The van der Waals surface area contributed by atoms with Crippen molar-refractivity contribution in [3.05, 3.63) is 42.7 Å². The Labute approximate surface area is 133 Å². The summed E-state index contributed by atoms with van der Waals surface area (Å²) in [5, 5.41) is 12.5. The largest absolute Gasteiger partial charge is 0.459 e. The molecule has 0 amide bonds. The molecule has 3 aromatic rings. The lowest BCUT2D eigenvalue weighted by molar-refractivity contribution is 0.111. The van der Waals surface area contributed by atoms with Crippen molar-refractivity contribution < 1.29 is 8.83 Å². The molecule has 1 saturated heterocycles. The van der Waals surface area contributed by atoms with Gasteiger partial charge in [-0.15, -0.1) is 10.2 Å². The first-order chi connectivity index (χ1) is 11.4. The summed E-state index contributed by atoms with van der Waals surface area (Å²) in [6, 6.07) is 6.03. The van der Waals surface area contributed by atoms with Gasteiger partial charge in [-0.3, -0.25) is 9.58 Å². The van der Waals surface area contributed by atoms with E-state index in [2.05, 4.69) is 20.2 Å². The van der Waals surface area contributed by atoms with Gasteiger partial charge in [-0.25, -0.2) is 0 Å². The first-order valence-corrected chi connectivity index (χ1v) is 7.96. The van der Waals surface area contributed by atoms with Crippen LogP contribution in [0.4, 0.5) is 0 Å². The van der Waals surface area contributed by atoms with Crippen LogP contribution in [0.1, 0.15) is 25.2 Å². The Morgan fingerprint density at radius 3 is 3.04 bits per heavy atom. The maximum Gasteiger partial charge on any atom is 0.283 e. The van der Waals surface area contributed by atoms with Gasteiger partial charge in [0.05, 0.1) is 19.4 Å². The summed E-state index contributed by atoms with van der Waals surface area (Å²) in [6.07, 6.45) is 9.05. The van der Waals surface area contributed by atoms with Gasteiger partial charge in [-0.05, 0) is 37.6 Å². The Kier molecular flexibility index (Phi) is 3.94. The van der Waals surface area contributed by atoms with Crippen molar-refractivity contribution in [2.45, 2.75) is 38.4 Å². The fourth-order valence-corrected chi connectivity index (χ4v) is 3.09. The van der Waals surface area contributed by atoms with Gasteiger partial charge in [0.15, 0.2) is 5.76 Å². The molecule has 0 bridgehead atoms. The zero-order valence-electron chi connectivity index (χ0n) is 12.8. The zero-order valence-corrected chi connectivity index (χ0v) is 12.8. The summed E-state index contributed by atoms with van der Waals surface area (Å²) >= 11 is 0. The normalized spacial score (nSPS) is 19.2. The topological polar surface area (TPSA) is 73.1 Å². The highest BCUT2D eigenvalue weighted by atomic mass is 16.4. The molecular formula is C16H19N5O2. The number of rotatable bonds is 5. The zero-order chi connectivity index (χ0) is 15.5. The summed E-state index contributed by atoms with van der Waals surface area (Å²) in [4.78, 5) is 2.41. The number of furan rings is 1. The number of piperidine rings is 1. The average molecular weight is 313 g/mol. The van der Waals surface area contributed by atoms with E-state index in [9.17, 15) is 0 Å². The Morgan fingerprint density at radius 1 is 1.22 bits per heavy atom. The highest BCUT2D eigenvalue weighted by Crippen LogP contribution is 2.23. The fraction of sp³-hybridized carbons (Fsp3) is 0.438. The number of hydrogen-bond acceptors (Lipinski definition) is 6. The van der Waals surface area contributed by atoms with Gasteiger partial charge < -0.3 is 8.83 Å². The summed E-state index contributed by atoms with van der Waals surface area (Å²) in [7, 11) is 0. The average Bonchev–Trinajstić information content (AvgIpc) is 3.31. The van der Waals surface area contributed by atoms with Crippen molar-refractivity contribution in [3.8, 4) is 11.7 Å². The first-order valence-electron chi connectivity index (χ1n) is 7.96. The highest BCUT2D eigenvalue weighted by Gasteiger charge is 2.25. The van der Waals surface area contributed by atoms with Gasteiger partial charge in [0, 0.05) is 18.4 Å². The Bertz CT molecular complexity index is 720. The second-order valence-electron chi connectivity index (χ2n) is 5.83. The minimum atomic E-state index is 0.436. The van der Waals surface area contributed by atoms with E-state index in [1.807, 2.05) is 35.3 Å². The molecule has 1 atom stereocenters. The second-order valence-corrected chi connectivity index (χ2v) is 5.83. The van der Waals surface area contributed by atoms with Crippen molar-refractivity contribution in [1.82, 2.24) is 24.9 Å². The SMILES string of the molecule is c1coc(-c2nnc(CN3CCCC[C@H]3Cn3cccn3)o2)c1. The molecule has 1 aliphatic rings. The molecule has 3 aromatic heterocycles. The van der Waals surface area contributed by atoms with E-state index in [0.29, 0.717) is 30.1 Å². The van der Waals surface area contributed by atoms with E-state index in [4.69, 9.17) is 8.83 Å². The Morgan fingerprint density at radius 2 is 2.22 bits per heavy atom. The van der Waals surface area contributed by atoms with Crippen LogP contribution >= 0.6 is 0 Å². The Hall–Kier alpha value is -2.41. The number of likely N-dealkylation sites (tertiary alicyclic amines) is 1. The predicted octanol–water partition coefficient (Wildman–Crippen LogP) is 2.58. The lowest BCUT2D eigenvalue weighted by Crippen LogP contribution is -2.41. The van der Waals surface area contributed by atoms with Crippen molar-refractivity contribution in [2.24, 2.45) is 0 Å². The molecule has 1 aliphatic heterocycles. The third-order valence-electron chi connectivity index (χ3n) is 4.24. The van der Waals surface area contributed by atoms with Crippen molar-refractivity contribution in [2.75, 3.05) is 6.54 Å². The third-order valence-corrected chi connectivity index (χ3v) is 4.24. The van der Waals surface area contributed by atoms with E-state index in [0.717, 1.165) is 13.1 Å². The molecule has 0 spiro atoms. The molecule has 0 aliphatic carbocycles. The molecule has 1 fully saturated rings. The van der Waals surface area contributed by atoms with E-state index in [-0.39, 0.29) is 0 Å². The van der Waals surface area contributed by atoms with E-state index >= 15 is 0 Å². The van der Waals surface area contributed by atoms with Crippen LogP contribution in [0.15, 0.2) is 45.7 Å². The smallest absolute Gasteiger partial charge is 0.283 e. The predicted molar refractivity (Wildman–Crippen MR) is 82.3 cm³/mol. The van der Waals surface area contributed by atoms with E-state index < -0.39 is 0 Å². The monoisotopic (exact) mass is 313 g/mol. The van der Waals surface area contributed by atoms with Crippen LogP contribution in [-0.2, 0) is 13.1 Å². The molecule has 0 radical (unpaired) electrons. The molecule has 7 nitrogen and oxygen atoms in total. The summed E-state index contributed by atoms with van der Waals surface area (Å²) in [6.45, 7) is 2.61.